The van der Waals surface area contributed by atoms with Crippen LogP contribution >= 0.6 is 0 Å². The van der Waals surface area contributed by atoms with Crippen molar-refractivity contribution < 1.29 is 28.7 Å². The molecule has 11 nitrogen and oxygen atoms in total. The van der Waals surface area contributed by atoms with Crippen molar-refractivity contribution in [1.29, 1.82) is 0 Å². The Morgan fingerprint density at radius 1 is 0.459 bits per heavy atom. The van der Waals surface area contributed by atoms with Gasteiger partial charge in [0.2, 0.25) is 23.6 Å². The minimum atomic E-state index is -0.504. The number of carbonyl (C=O) groups excluding carboxylic acids is 4. The van der Waals surface area contributed by atoms with Gasteiger partial charge >= 0.3 is 0 Å². The molecule has 11 heteroatoms. The van der Waals surface area contributed by atoms with E-state index in [-0.39, 0.29) is 35.5 Å². The van der Waals surface area contributed by atoms with E-state index in [4.69, 9.17) is 9.47 Å². The molecule has 2 unspecified atom stereocenters. The molecule has 0 aromatic heterocycles. The van der Waals surface area contributed by atoms with E-state index in [1.54, 1.807) is 14.2 Å². The van der Waals surface area contributed by atoms with E-state index in [0.717, 1.165) is 116 Å². The summed E-state index contributed by atoms with van der Waals surface area (Å²) in [5, 5.41) is 6.45. The number of hydrogen-bond donors (Lipinski definition) is 2. The Morgan fingerprint density at radius 2 is 0.797 bits per heavy atom. The average Bonchev–Trinajstić information content (AvgIpc) is 3.41. The van der Waals surface area contributed by atoms with Crippen molar-refractivity contribution in [3.8, 4) is 0 Å². The van der Waals surface area contributed by atoms with E-state index in [2.05, 4.69) is 78.0 Å². The van der Waals surface area contributed by atoms with Crippen molar-refractivity contribution in [3.05, 3.63) is 48.6 Å². The number of amides is 4. The Balaban J connectivity index is 1.87. The van der Waals surface area contributed by atoms with Crippen molar-refractivity contribution in [1.82, 2.24) is 25.3 Å². The lowest BCUT2D eigenvalue weighted by atomic mass is 9.82. The number of nitrogens with zero attached hydrogens (tertiary/aromatic N) is 3. The van der Waals surface area contributed by atoms with Crippen LogP contribution in [0.4, 0.5) is 0 Å². The minimum absolute atomic E-state index is 0.0573. The van der Waals surface area contributed by atoms with Gasteiger partial charge in [0.15, 0.2) is 0 Å². The van der Waals surface area contributed by atoms with Crippen LogP contribution in [-0.2, 0) is 28.7 Å². The summed E-state index contributed by atoms with van der Waals surface area (Å²) >= 11 is 0. The zero-order chi connectivity index (χ0) is 53.5. The van der Waals surface area contributed by atoms with Crippen molar-refractivity contribution in [2.24, 2.45) is 11.8 Å². The van der Waals surface area contributed by atoms with Crippen LogP contribution in [0, 0.1) is 11.8 Å². The molecule has 0 heterocycles. The Morgan fingerprint density at radius 3 is 1.15 bits per heavy atom. The third-order valence-corrected chi connectivity index (χ3v) is 15.4. The van der Waals surface area contributed by atoms with Crippen LogP contribution in [-0.4, -0.2) is 124 Å². The van der Waals surface area contributed by atoms with Crippen molar-refractivity contribution in [2.45, 2.75) is 244 Å². The predicted octanol–water partition coefficient (Wildman–Crippen LogP) is 13.6. The number of allylic oxidation sites excluding steroid dienone is 8. The number of hydrogen-bond acceptors (Lipinski definition) is 7. The molecule has 2 aliphatic carbocycles. The topological polar surface area (TPSA) is 121 Å². The summed E-state index contributed by atoms with van der Waals surface area (Å²) < 4.78 is 11.0. The van der Waals surface area contributed by atoms with Gasteiger partial charge in [-0.25, -0.2) is 0 Å². The number of carbonyl (C=O) groups is 4. The van der Waals surface area contributed by atoms with Gasteiger partial charge in [-0.15, -0.1) is 0 Å². The summed E-state index contributed by atoms with van der Waals surface area (Å²) in [7, 11) is 5.32. The quantitative estimate of drug-likeness (QED) is 0.0460. The summed E-state index contributed by atoms with van der Waals surface area (Å²) in [5.74, 6) is 0.242. The third kappa shape index (κ3) is 32.3. The highest BCUT2D eigenvalue weighted by molar-refractivity contribution is 5.88. The molecule has 0 bridgehead atoms. The number of methoxy groups -OCH3 is 2. The first-order valence-electron chi connectivity index (χ1n) is 30.7. The largest absolute Gasteiger partial charge is 0.383 e. The maximum atomic E-state index is 14.2. The monoisotopic (exact) mass is 1040 g/mol. The lowest BCUT2D eigenvalue weighted by molar-refractivity contribution is -0.144. The van der Waals surface area contributed by atoms with E-state index in [0.29, 0.717) is 65.3 Å². The zero-order valence-corrected chi connectivity index (χ0v) is 48.4. The van der Waals surface area contributed by atoms with E-state index < -0.39 is 12.1 Å². The van der Waals surface area contributed by atoms with Crippen LogP contribution in [0.3, 0.4) is 0 Å². The van der Waals surface area contributed by atoms with Crippen LogP contribution in [0.1, 0.15) is 232 Å². The highest BCUT2D eigenvalue weighted by Gasteiger charge is 2.38. The van der Waals surface area contributed by atoms with Crippen molar-refractivity contribution in [3.63, 3.8) is 0 Å². The summed E-state index contributed by atoms with van der Waals surface area (Å²) in [5.41, 5.74) is 0. The summed E-state index contributed by atoms with van der Waals surface area (Å²) in [6.45, 7) is 8.21. The van der Waals surface area contributed by atoms with Crippen LogP contribution in [0.15, 0.2) is 48.6 Å². The summed E-state index contributed by atoms with van der Waals surface area (Å²) in [6, 6.07) is -1.01. The van der Waals surface area contributed by atoms with Crippen molar-refractivity contribution in [2.75, 3.05) is 73.7 Å². The Hall–Kier alpha value is -3.28. The van der Waals surface area contributed by atoms with Crippen molar-refractivity contribution >= 4 is 23.6 Å². The van der Waals surface area contributed by atoms with Gasteiger partial charge in [-0.05, 0) is 122 Å². The Kier molecular flexibility index (Phi) is 42.4. The van der Waals surface area contributed by atoms with Gasteiger partial charge < -0.3 is 34.8 Å². The zero-order valence-electron chi connectivity index (χ0n) is 48.4. The van der Waals surface area contributed by atoms with E-state index in [9.17, 15) is 19.2 Å². The van der Waals surface area contributed by atoms with Gasteiger partial charge in [0.25, 0.3) is 0 Å². The molecule has 0 aliphatic heterocycles. The van der Waals surface area contributed by atoms with Gasteiger partial charge in [0, 0.05) is 66.3 Å². The van der Waals surface area contributed by atoms with E-state index in [1.165, 1.54) is 89.9 Å². The number of nitrogens with one attached hydrogen (secondary N) is 2. The fraction of sp³-hybridized carbons (Fsp3) is 0.810. The fourth-order valence-corrected chi connectivity index (χ4v) is 10.9. The lowest BCUT2D eigenvalue weighted by Crippen LogP contribution is -2.55. The second kappa shape index (κ2) is 47.0. The second-order valence-corrected chi connectivity index (χ2v) is 21.7. The molecule has 0 saturated heterocycles. The fourth-order valence-electron chi connectivity index (χ4n) is 10.9. The summed E-state index contributed by atoms with van der Waals surface area (Å²) in [6.07, 6.45) is 54.7. The van der Waals surface area contributed by atoms with Gasteiger partial charge in [-0.2, -0.15) is 0 Å². The minimum Gasteiger partial charge on any atom is -0.383 e. The van der Waals surface area contributed by atoms with Crippen LogP contribution in [0.2, 0.25) is 0 Å². The molecular weight excluding hydrogens is 923 g/mol. The highest BCUT2D eigenvalue weighted by Crippen LogP contribution is 2.31. The van der Waals surface area contributed by atoms with E-state index >= 15 is 0 Å². The molecule has 0 aromatic rings. The van der Waals surface area contributed by atoms with Crippen LogP contribution < -0.4 is 10.6 Å². The predicted molar refractivity (Wildman–Crippen MR) is 310 cm³/mol. The van der Waals surface area contributed by atoms with Gasteiger partial charge in [0.05, 0.1) is 13.2 Å². The van der Waals surface area contributed by atoms with Gasteiger partial charge in [-0.1, -0.05) is 165 Å². The Labute approximate surface area is 454 Å². The first kappa shape index (κ1) is 66.8. The normalized spacial score (nSPS) is 15.8. The molecule has 4 amide bonds. The molecule has 74 heavy (non-hydrogen) atoms. The lowest BCUT2D eigenvalue weighted by Gasteiger charge is -2.38. The molecular formula is C63H113N5O6. The first-order chi connectivity index (χ1) is 36.3. The molecule has 0 spiro atoms. The molecule has 2 aliphatic rings. The molecule has 2 saturated carbocycles. The SMILES string of the molecule is CCCCC/C=C\C/C=C\CCCCCCCC(=O)N(CCOC)C(C(=O)NCCN(C)CCNC(=O)C(C1CCCCC1)N(CCOC)C(=O)CCCCCCC/C=C\C/C=C\CCCCC)C1CCCCC1. The summed E-state index contributed by atoms with van der Waals surface area (Å²) in [4.78, 5) is 62.1. The molecule has 2 N–H and O–H groups in total. The standard InChI is InChI=1S/C63H113N5O6/c1-6-8-10-12-14-16-18-20-22-24-26-28-30-32-40-46-58(69)67(52-54-73-4)60(56-42-36-34-37-43-56)62(71)64-48-50-66(3)51-49-65-63(72)61(57-44-38-35-39-45-57)68(53-55-74-5)59(70)47-41-33-31-29-27-25-23-21-19-17-15-13-11-9-7-2/h14-17,20-23,56-57,60-61H,6-13,18-19,24-55H2,1-5H3,(H,64,71)(H,65,72)/b16-14-,17-15-,22-20-,23-21-. The first-order valence-corrected chi connectivity index (χ1v) is 30.7. The van der Waals surface area contributed by atoms with Gasteiger partial charge in [-0.3, -0.25) is 19.2 Å². The number of likely N-dealkylation sites (N-methyl/N-ethyl adjacent to an activating group) is 1. The molecule has 2 rings (SSSR count). The Bertz CT molecular complexity index is 1410. The third-order valence-electron chi connectivity index (χ3n) is 15.4. The maximum absolute atomic E-state index is 14.2. The number of unbranched alkanes of at least 4 members (excludes halogenated alkanes) is 16. The van der Waals surface area contributed by atoms with Crippen LogP contribution in [0.5, 0.6) is 0 Å². The maximum Gasteiger partial charge on any atom is 0.243 e. The van der Waals surface area contributed by atoms with E-state index in [1.807, 2.05) is 16.8 Å². The molecule has 2 fully saturated rings. The second-order valence-electron chi connectivity index (χ2n) is 21.7. The average molecular weight is 1040 g/mol. The van der Waals surface area contributed by atoms with Gasteiger partial charge in [0.1, 0.15) is 12.1 Å². The molecule has 0 aromatic carbocycles. The molecule has 0 radical (unpaired) electrons. The molecule has 426 valence electrons. The smallest absolute Gasteiger partial charge is 0.243 e. The highest BCUT2D eigenvalue weighted by atomic mass is 16.5. The molecule has 2 atom stereocenters. The number of rotatable bonds is 46. The number of ether oxygens (including phenoxy) is 2. The van der Waals surface area contributed by atoms with Crippen LogP contribution in [0.25, 0.3) is 0 Å².